The molecule has 178 valence electrons. The molecule has 34 heavy (non-hydrogen) atoms. The van der Waals surface area contributed by atoms with Crippen LogP contribution in [0.2, 0.25) is 10.0 Å². The van der Waals surface area contributed by atoms with Gasteiger partial charge in [0.2, 0.25) is 11.8 Å². The predicted molar refractivity (Wildman–Crippen MR) is 136 cm³/mol. The Morgan fingerprint density at radius 3 is 2.32 bits per heavy atom. The van der Waals surface area contributed by atoms with Gasteiger partial charge >= 0.3 is 0 Å². The zero-order chi connectivity index (χ0) is 24.5. The molecule has 0 aliphatic rings. The molecule has 0 heterocycles. The first-order valence-electron chi connectivity index (χ1n) is 11.1. The standard InChI is InChI=1S/C27H28Cl2N2O3/c1-19(27(33)30-17-22-11-12-23(28)16-25(22)29)31(18-21-8-13-24(34-2)14-9-21)26(32)15-10-20-6-4-3-5-7-20/h3-9,11-14,16,19H,10,15,17-18H2,1-2H3,(H,30,33)/t19-/m1/s1. The molecule has 2 amide bonds. The fraction of sp³-hybridized carbons (Fsp3) is 0.259. The third-order valence-corrected chi connectivity index (χ3v) is 6.20. The van der Waals surface area contributed by atoms with E-state index in [0.29, 0.717) is 29.4 Å². The fourth-order valence-electron chi connectivity index (χ4n) is 3.54. The minimum Gasteiger partial charge on any atom is -0.497 e. The summed E-state index contributed by atoms with van der Waals surface area (Å²) >= 11 is 12.2. The monoisotopic (exact) mass is 498 g/mol. The molecule has 0 unspecified atom stereocenters. The van der Waals surface area contributed by atoms with Gasteiger partial charge < -0.3 is 15.0 Å². The Bertz CT molecular complexity index is 1100. The summed E-state index contributed by atoms with van der Waals surface area (Å²) < 4.78 is 5.22. The smallest absolute Gasteiger partial charge is 0.242 e. The summed E-state index contributed by atoms with van der Waals surface area (Å²) in [5, 5.41) is 3.90. The number of nitrogens with zero attached hydrogens (tertiary/aromatic N) is 1. The molecule has 3 aromatic rings. The summed E-state index contributed by atoms with van der Waals surface area (Å²) in [6.45, 7) is 2.30. The summed E-state index contributed by atoms with van der Waals surface area (Å²) in [4.78, 5) is 27.9. The van der Waals surface area contributed by atoms with Gasteiger partial charge in [-0.2, -0.15) is 0 Å². The van der Waals surface area contributed by atoms with Crippen LogP contribution < -0.4 is 10.1 Å². The van der Waals surface area contributed by atoms with Crippen molar-refractivity contribution >= 4 is 35.0 Å². The Morgan fingerprint density at radius 1 is 0.971 bits per heavy atom. The van der Waals surface area contributed by atoms with Gasteiger partial charge in [-0.15, -0.1) is 0 Å². The third kappa shape index (κ3) is 7.24. The van der Waals surface area contributed by atoms with E-state index in [0.717, 1.165) is 22.4 Å². The number of carbonyl (C=O) groups excluding carboxylic acids is 2. The van der Waals surface area contributed by atoms with Crippen LogP contribution in [0.4, 0.5) is 0 Å². The summed E-state index contributed by atoms with van der Waals surface area (Å²) in [7, 11) is 1.60. The van der Waals surface area contributed by atoms with Gasteiger partial charge in [0.15, 0.2) is 0 Å². The van der Waals surface area contributed by atoms with E-state index in [4.69, 9.17) is 27.9 Å². The molecule has 0 saturated heterocycles. The lowest BCUT2D eigenvalue weighted by atomic mass is 10.1. The minimum absolute atomic E-state index is 0.0909. The first-order chi connectivity index (χ1) is 16.4. The van der Waals surface area contributed by atoms with Crippen LogP contribution in [0.5, 0.6) is 5.75 Å². The summed E-state index contributed by atoms with van der Waals surface area (Å²) in [5.41, 5.74) is 2.74. The molecule has 1 atom stereocenters. The van der Waals surface area contributed by atoms with Gasteiger partial charge in [0.1, 0.15) is 11.8 Å². The third-order valence-electron chi connectivity index (χ3n) is 5.62. The number of ether oxygens (including phenoxy) is 1. The topological polar surface area (TPSA) is 58.6 Å². The Hall–Kier alpha value is -3.02. The zero-order valence-corrected chi connectivity index (χ0v) is 20.8. The molecule has 3 aromatic carbocycles. The number of hydrogen-bond acceptors (Lipinski definition) is 3. The van der Waals surface area contributed by atoms with Crippen molar-refractivity contribution in [3.63, 3.8) is 0 Å². The van der Waals surface area contributed by atoms with Crippen molar-refractivity contribution < 1.29 is 14.3 Å². The number of amides is 2. The van der Waals surface area contributed by atoms with Crippen LogP contribution >= 0.6 is 23.2 Å². The largest absolute Gasteiger partial charge is 0.497 e. The van der Waals surface area contributed by atoms with Crippen molar-refractivity contribution in [2.75, 3.05) is 7.11 Å². The first-order valence-corrected chi connectivity index (χ1v) is 11.8. The van der Waals surface area contributed by atoms with Gasteiger partial charge in [-0.1, -0.05) is 71.7 Å². The second-order valence-corrected chi connectivity index (χ2v) is 8.83. The minimum atomic E-state index is -0.670. The second-order valence-electron chi connectivity index (χ2n) is 7.98. The number of aryl methyl sites for hydroxylation is 1. The maximum Gasteiger partial charge on any atom is 0.242 e. The van der Waals surface area contributed by atoms with Crippen molar-refractivity contribution in [3.8, 4) is 5.75 Å². The molecule has 0 aliphatic heterocycles. The van der Waals surface area contributed by atoms with E-state index in [1.54, 1.807) is 37.1 Å². The molecule has 0 aliphatic carbocycles. The summed E-state index contributed by atoms with van der Waals surface area (Å²) in [6, 6.07) is 21.8. The van der Waals surface area contributed by atoms with Crippen LogP contribution in [0.1, 0.15) is 30.0 Å². The predicted octanol–water partition coefficient (Wildman–Crippen LogP) is 5.67. The van der Waals surface area contributed by atoms with Crippen LogP contribution in [0.3, 0.4) is 0 Å². The van der Waals surface area contributed by atoms with Gasteiger partial charge in [0.25, 0.3) is 0 Å². The zero-order valence-electron chi connectivity index (χ0n) is 19.3. The number of nitrogens with one attached hydrogen (secondary N) is 1. The Labute approximate surface area is 210 Å². The molecule has 0 saturated carbocycles. The molecule has 0 fully saturated rings. The van der Waals surface area contributed by atoms with Crippen LogP contribution in [0.15, 0.2) is 72.8 Å². The molecule has 0 spiro atoms. The molecule has 0 aromatic heterocycles. The highest BCUT2D eigenvalue weighted by atomic mass is 35.5. The highest BCUT2D eigenvalue weighted by molar-refractivity contribution is 6.35. The Balaban J connectivity index is 1.71. The first kappa shape index (κ1) is 25.6. The van der Waals surface area contributed by atoms with Crippen molar-refractivity contribution in [2.24, 2.45) is 0 Å². The van der Waals surface area contributed by atoms with Crippen LogP contribution in [-0.4, -0.2) is 29.9 Å². The van der Waals surface area contributed by atoms with E-state index in [-0.39, 0.29) is 18.4 Å². The van der Waals surface area contributed by atoms with E-state index in [1.165, 1.54) is 0 Å². The molecular formula is C27H28Cl2N2O3. The van der Waals surface area contributed by atoms with Gasteiger partial charge in [0.05, 0.1) is 7.11 Å². The van der Waals surface area contributed by atoms with Crippen molar-refractivity contribution in [2.45, 2.75) is 38.9 Å². The lowest BCUT2D eigenvalue weighted by Gasteiger charge is -2.29. The van der Waals surface area contributed by atoms with Crippen molar-refractivity contribution in [1.82, 2.24) is 10.2 Å². The fourth-order valence-corrected chi connectivity index (χ4v) is 4.02. The molecule has 5 nitrogen and oxygen atoms in total. The molecular weight excluding hydrogens is 471 g/mol. The van der Waals surface area contributed by atoms with Gasteiger partial charge in [-0.3, -0.25) is 9.59 Å². The Kier molecular flexibility index (Phi) is 9.37. The van der Waals surface area contributed by atoms with Crippen molar-refractivity contribution in [1.29, 1.82) is 0 Å². The van der Waals surface area contributed by atoms with E-state index >= 15 is 0 Å². The molecule has 0 bridgehead atoms. The number of hydrogen-bond donors (Lipinski definition) is 1. The summed E-state index contributed by atoms with van der Waals surface area (Å²) in [5.74, 6) is 0.385. The van der Waals surface area contributed by atoms with Crippen LogP contribution in [0, 0.1) is 0 Å². The lowest BCUT2D eigenvalue weighted by Crippen LogP contribution is -2.47. The average Bonchev–Trinajstić information content (AvgIpc) is 2.85. The second kappa shape index (κ2) is 12.4. The van der Waals surface area contributed by atoms with Gasteiger partial charge in [-0.25, -0.2) is 0 Å². The molecule has 7 heteroatoms. The SMILES string of the molecule is COc1ccc(CN(C(=O)CCc2ccccc2)[C@H](C)C(=O)NCc2ccc(Cl)cc2Cl)cc1. The molecule has 3 rings (SSSR count). The van der Waals surface area contributed by atoms with E-state index in [2.05, 4.69) is 5.32 Å². The van der Waals surface area contributed by atoms with Gasteiger partial charge in [-0.05, 0) is 54.3 Å². The highest BCUT2D eigenvalue weighted by Crippen LogP contribution is 2.21. The normalized spacial score (nSPS) is 11.5. The highest BCUT2D eigenvalue weighted by Gasteiger charge is 2.26. The Morgan fingerprint density at radius 2 is 1.68 bits per heavy atom. The molecule has 1 N–H and O–H groups in total. The maximum atomic E-state index is 13.2. The summed E-state index contributed by atoms with van der Waals surface area (Å²) in [6.07, 6.45) is 0.911. The number of carbonyl (C=O) groups is 2. The number of halogens is 2. The van der Waals surface area contributed by atoms with E-state index in [9.17, 15) is 9.59 Å². The lowest BCUT2D eigenvalue weighted by molar-refractivity contribution is -0.140. The van der Waals surface area contributed by atoms with Gasteiger partial charge in [0, 0.05) is 29.6 Å². The maximum absolute atomic E-state index is 13.2. The average molecular weight is 499 g/mol. The molecule has 0 radical (unpaired) electrons. The van der Waals surface area contributed by atoms with Crippen molar-refractivity contribution in [3.05, 3.63) is 99.5 Å². The van der Waals surface area contributed by atoms with Crippen LogP contribution in [0.25, 0.3) is 0 Å². The quantitative estimate of drug-likeness (QED) is 0.391. The van der Waals surface area contributed by atoms with Crippen LogP contribution in [-0.2, 0) is 29.1 Å². The van der Waals surface area contributed by atoms with E-state index in [1.807, 2.05) is 54.6 Å². The van der Waals surface area contributed by atoms with E-state index < -0.39 is 6.04 Å². The number of benzene rings is 3. The number of rotatable bonds is 10. The number of methoxy groups -OCH3 is 1.